The molecule has 0 aromatic heterocycles. The van der Waals surface area contributed by atoms with E-state index in [2.05, 4.69) is 5.32 Å². The number of rotatable bonds is 8. The van der Waals surface area contributed by atoms with Crippen molar-refractivity contribution in [2.24, 2.45) is 0 Å². The molecule has 22 heavy (non-hydrogen) atoms. The van der Waals surface area contributed by atoms with E-state index in [1.54, 1.807) is 17.9 Å². The molecule has 122 valence electrons. The summed E-state index contributed by atoms with van der Waals surface area (Å²) in [6, 6.07) is 6.88. The van der Waals surface area contributed by atoms with Gasteiger partial charge in [0, 0.05) is 24.5 Å². The van der Waals surface area contributed by atoms with Gasteiger partial charge in [0.25, 0.3) is 0 Å². The molecule has 1 atom stereocenters. The van der Waals surface area contributed by atoms with Gasteiger partial charge in [-0.2, -0.15) is 0 Å². The molecule has 1 N–H and O–H groups in total. The van der Waals surface area contributed by atoms with Gasteiger partial charge in [0.05, 0.1) is 0 Å². The molecule has 0 aliphatic carbocycles. The van der Waals surface area contributed by atoms with E-state index in [1.165, 1.54) is 0 Å². The SMILES string of the molecule is CCCNC(=O)C(C)N(Cc1cccc(Cl)c1)C(=O)CCC. The smallest absolute Gasteiger partial charge is 0.242 e. The average Bonchev–Trinajstić information content (AvgIpc) is 2.49. The fourth-order valence-corrected chi connectivity index (χ4v) is 2.38. The van der Waals surface area contributed by atoms with Crippen LogP contribution in [-0.4, -0.2) is 29.3 Å². The van der Waals surface area contributed by atoms with Crippen LogP contribution in [0.25, 0.3) is 0 Å². The van der Waals surface area contributed by atoms with Crippen molar-refractivity contribution in [3.63, 3.8) is 0 Å². The Labute approximate surface area is 137 Å². The van der Waals surface area contributed by atoms with Crippen molar-refractivity contribution < 1.29 is 9.59 Å². The van der Waals surface area contributed by atoms with Gasteiger partial charge < -0.3 is 10.2 Å². The van der Waals surface area contributed by atoms with Crippen molar-refractivity contribution in [1.82, 2.24) is 10.2 Å². The molecule has 0 aliphatic rings. The minimum absolute atomic E-state index is 0.0124. The molecular weight excluding hydrogens is 300 g/mol. The zero-order valence-corrected chi connectivity index (χ0v) is 14.3. The largest absolute Gasteiger partial charge is 0.354 e. The lowest BCUT2D eigenvalue weighted by Gasteiger charge is -2.28. The molecule has 1 rings (SSSR count). The molecule has 0 fully saturated rings. The monoisotopic (exact) mass is 324 g/mol. The third-order valence-corrected chi connectivity index (χ3v) is 3.66. The Bertz CT molecular complexity index is 505. The number of amides is 2. The first kappa shape index (κ1) is 18.5. The molecule has 0 saturated heterocycles. The highest BCUT2D eigenvalue weighted by atomic mass is 35.5. The van der Waals surface area contributed by atoms with Crippen LogP contribution in [-0.2, 0) is 16.1 Å². The number of carbonyl (C=O) groups excluding carboxylic acids is 2. The molecule has 0 aliphatic heterocycles. The first-order valence-corrected chi connectivity index (χ1v) is 8.19. The van der Waals surface area contributed by atoms with Gasteiger partial charge in [0.15, 0.2) is 0 Å². The Morgan fingerprint density at radius 1 is 1.27 bits per heavy atom. The summed E-state index contributed by atoms with van der Waals surface area (Å²) in [5.74, 6) is -0.130. The molecule has 4 nitrogen and oxygen atoms in total. The van der Waals surface area contributed by atoms with E-state index in [-0.39, 0.29) is 11.8 Å². The number of hydrogen-bond donors (Lipinski definition) is 1. The number of benzene rings is 1. The van der Waals surface area contributed by atoms with Gasteiger partial charge in [-0.25, -0.2) is 0 Å². The maximum Gasteiger partial charge on any atom is 0.242 e. The Balaban J connectivity index is 2.87. The van der Waals surface area contributed by atoms with Crippen molar-refractivity contribution in [3.8, 4) is 0 Å². The van der Waals surface area contributed by atoms with Gasteiger partial charge in [0.1, 0.15) is 6.04 Å². The van der Waals surface area contributed by atoms with Crippen LogP contribution in [0.2, 0.25) is 5.02 Å². The highest BCUT2D eigenvalue weighted by molar-refractivity contribution is 6.30. The lowest BCUT2D eigenvalue weighted by atomic mass is 10.1. The van der Waals surface area contributed by atoms with E-state index < -0.39 is 6.04 Å². The van der Waals surface area contributed by atoms with Crippen LogP contribution in [0.5, 0.6) is 0 Å². The molecule has 1 unspecified atom stereocenters. The molecule has 1 aromatic rings. The van der Waals surface area contributed by atoms with E-state index >= 15 is 0 Å². The number of nitrogens with zero attached hydrogens (tertiary/aromatic N) is 1. The molecule has 1 aromatic carbocycles. The summed E-state index contributed by atoms with van der Waals surface area (Å²) >= 11 is 6.00. The van der Waals surface area contributed by atoms with Gasteiger partial charge in [-0.05, 0) is 37.5 Å². The summed E-state index contributed by atoms with van der Waals surface area (Å²) in [5, 5.41) is 3.48. The van der Waals surface area contributed by atoms with Gasteiger partial charge in [-0.3, -0.25) is 9.59 Å². The third-order valence-electron chi connectivity index (χ3n) is 3.42. The van der Waals surface area contributed by atoms with Crippen LogP contribution in [0, 0.1) is 0 Å². The van der Waals surface area contributed by atoms with Crippen molar-refractivity contribution in [1.29, 1.82) is 0 Å². The number of nitrogens with one attached hydrogen (secondary N) is 1. The summed E-state index contributed by atoms with van der Waals surface area (Å²) in [5.41, 5.74) is 0.923. The zero-order valence-electron chi connectivity index (χ0n) is 13.6. The summed E-state index contributed by atoms with van der Waals surface area (Å²) in [6.07, 6.45) is 2.07. The second-order valence-corrected chi connectivity index (χ2v) is 5.80. The summed E-state index contributed by atoms with van der Waals surface area (Å²) in [7, 11) is 0. The van der Waals surface area contributed by atoms with Gasteiger partial charge in [0.2, 0.25) is 11.8 Å². The highest BCUT2D eigenvalue weighted by Crippen LogP contribution is 2.15. The summed E-state index contributed by atoms with van der Waals surface area (Å²) < 4.78 is 0. The van der Waals surface area contributed by atoms with E-state index in [4.69, 9.17) is 11.6 Å². The van der Waals surface area contributed by atoms with E-state index in [1.807, 2.05) is 32.0 Å². The van der Waals surface area contributed by atoms with Crippen LogP contribution in [0.4, 0.5) is 0 Å². The second kappa shape index (κ2) is 9.46. The average molecular weight is 325 g/mol. The van der Waals surface area contributed by atoms with Crippen molar-refractivity contribution in [3.05, 3.63) is 34.9 Å². The van der Waals surface area contributed by atoms with Crippen LogP contribution in [0.3, 0.4) is 0 Å². The van der Waals surface area contributed by atoms with Crippen LogP contribution in [0.1, 0.15) is 45.6 Å². The Kier molecular flexibility index (Phi) is 7.96. The molecular formula is C17H25ClN2O2. The van der Waals surface area contributed by atoms with Gasteiger partial charge in [-0.15, -0.1) is 0 Å². The lowest BCUT2D eigenvalue weighted by Crippen LogP contribution is -2.47. The first-order chi connectivity index (χ1) is 10.5. The number of halogens is 1. The predicted octanol–water partition coefficient (Wildman–Crippen LogP) is 3.38. The minimum atomic E-state index is -0.496. The van der Waals surface area contributed by atoms with Gasteiger partial charge in [-0.1, -0.05) is 37.6 Å². The topological polar surface area (TPSA) is 49.4 Å². The summed E-state index contributed by atoms with van der Waals surface area (Å²) in [6.45, 7) is 6.73. The number of hydrogen-bond acceptors (Lipinski definition) is 2. The quantitative estimate of drug-likeness (QED) is 0.797. The lowest BCUT2D eigenvalue weighted by molar-refractivity contribution is -0.140. The molecule has 0 bridgehead atoms. The summed E-state index contributed by atoms with van der Waals surface area (Å²) in [4.78, 5) is 26.2. The Morgan fingerprint density at radius 3 is 2.59 bits per heavy atom. The fourth-order valence-electron chi connectivity index (χ4n) is 2.17. The molecule has 0 spiro atoms. The second-order valence-electron chi connectivity index (χ2n) is 5.37. The number of carbonyl (C=O) groups is 2. The molecule has 0 heterocycles. The highest BCUT2D eigenvalue weighted by Gasteiger charge is 2.25. The van der Waals surface area contributed by atoms with Crippen molar-refractivity contribution >= 4 is 23.4 Å². The molecule has 0 radical (unpaired) electrons. The molecule has 5 heteroatoms. The first-order valence-electron chi connectivity index (χ1n) is 7.81. The fraction of sp³-hybridized carbons (Fsp3) is 0.529. The maximum absolute atomic E-state index is 12.4. The van der Waals surface area contributed by atoms with Gasteiger partial charge >= 0.3 is 0 Å². The zero-order chi connectivity index (χ0) is 16.5. The molecule has 0 saturated carbocycles. The standard InChI is InChI=1S/C17H25ClN2O2/c1-4-7-16(21)20(13(3)17(22)19-10-5-2)12-14-8-6-9-15(18)11-14/h6,8-9,11,13H,4-5,7,10,12H2,1-3H3,(H,19,22). The van der Waals surface area contributed by atoms with Crippen molar-refractivity contribution in [2.45, 2.75) is 52.6 Å². The van der Waals surface area contributed by atoms with Crippen LogP contribution in [0.15, 0.2) is 24.3 Å². The predicted molar refractivity (Wildman–Crippen MR) is 89.7 cm³/mol. The van der Waals surface area contributed by atoms with E-state index in [0.717, 1.165) is 18.4 Å². The van der Waals surface area contributed by atoms with E-state index in [0.29, 0.717) is 24.5 Å². The normalized spacial score (nSPS) is 11.8. The van der Waals surface area contributed by atoms with Crippen LogP contribution >= 0.6 is 11.6 Å². The van der Waals surface area contributed by atoms with Crippen molar-refractivity contribution in [2.75, 3.05) is 6.54 Å². The Hall–Kier alpha value is -1.55. The third kappa shape index (κ3) is 5.68. The minimum Gasteiger partial charge on any atom is -0.354 e. The van der Waals surface area contributed by atoms with E-state index in [9.17, 15) is 9.59 Å². The Morgan fingerprint density at radius 2 is 2.00 bits per heavy atom. The van der Waals surface area contributed by atoms with Crippen LogP contribution < -0.4 is 5.32 Å². The maximum atomic E-state index is 12.4. The molecule has 2 amide bonds.